The fraction of sp³-hybridized carbons (Fsp3) is 0.267. The second kappa shape index (κ2) is 9.49. The lowest BCUT2D eigenvalue weighted by molar-refractivity contribution is 0.637. The first-order valence-corrected chi connectivity index (χ1v) is 12.3. The SMILES string of the molecule is Cc1cc(N(CC2CC2)C(C)C)nc2ccc(C#Cc3ccc(-c4ccc(Cl)cc4)cn3)cc12. The average Bonchev–Trinajstić information content (AvgIpc) is 3.66. The second-order valence-electron chi connectivity index (χ2n) is 9.41. The van der Waals surface area contributed by atoms with E-state index in [0.717, 1.165) is 56.6 Å². The largest absolute Gasteiger partial charge is 0.354 e. The zero-order valence-corrected chi connectivity index (χ0v) is 20.6. The summed E-state index contributed by atoms with van der Waals surface area (Å²) in [6.07, 6.45) is 4.54. The van der Waals surface area contributed by atoms with Crippen LogP contribution in [0.3, 0.4) is 0 Å². The van der Waals surface area contributed by atoms with Gasteiger partial charge in [0, 0.05) is 40.3 Å². The standard InChI is InChI=1S/C30H28ClN3/c1-20(2)34(19-23-4-5-23)30-16-21(3)28-17-22(7-15-29(28)33-30)6-13-27-14-10-25(18-32-27)24-8-11-26(31)12-9-24/h7-12,14-18,20,23H,4-5,19H2,1-3H3. The van der Waals surface area contributed by atoms with Gasteiger partial charge in [-0.1, -0.05) is 35.7 Å². The lowest BCUT2D eigenvalue weighted by atomic mass is 10.1. The molecule has 0 spiro atoms. The minimum absolute atomic E-state index is 0.439. The van der Waals surface area contributed by atoms with Gasteiger partial charge < -0.3 is 4.90 Å². The highest BCUT2D eigenvalue weighted by atomic mass is 35.5. The van der Waals surface area contributed by atoms with Crippen LogP contribution in [0.15, 0.2) is 66.9 Å². The smallest absolute Gasteiger partial charge is 0.129 e. The molecule has 2 aromatic carbocycles. The van der Waals surface area contributed by atoms with Crippen molar-refractivity contribution in [3.63, 3.8) is 0 Å². The van der Waals surface area contributed by atoms with Crippen LogP contribution in [0.4, 0.5) is 5.82 Å². The van der Waals surface area contributed by atoms with Gasteiger partial charge in [-0.05, 0) is 99.0 Å². The molecule has 1 aliphatic rings. The van der Waals surface area contributed by atoms with Gasteiger partial charge in [0.1, 0.15) is 11.5 Å². The molecule has 3 nitrogen and oxygen atoms in total. The summed E-state index contributed by atoms with van der Waals surface area (Å²) in [6.45, 7) is 7.76. The van der Waals surface area contributed by atoms with Crippen molar-refractivity contribution >= 4 is 28.3 Å². The Labute approximate surface area is 206 Å². The third kappa shape index (κ3) is 5.08. The maximum Gasteiger partial charge on any atom is 0.129 e. The summed E-state index contributed by atoms with van der Waals surface area (Å²) in [5.41, 5.74) is 6.09. The summed E-state index contributed by atoms with van der Waals surface area (Å²) in [5.74, 6) is 8.37. The zero-order chi connectivity index (χ0) is 23.7. The summed E-state index contributed by atoms with van der Waals surface area (Å²) < 4.78 is 0. The Kier molecular flexibility index (Phi) is 6.26. The Hall–Kier alpha value is -3.35. The second-order valence-corrected chi connectivity index (χ2v) is 9.84. The van der Waals surface area contributed by atoms with E-state index in [2.05, 4.69) is 60.7 Å². The highest BCUT2D eigenvalue weighted by molar-refractivity contribution is 6.30. The van der Waals surface area contributed by atoms with Gasteiger partial charge in [0.2, 0.25) is 0 Å². The molecule has 0 bridgehead atoms. The monoisotopic (exact) mass is 465 g/mol. The fourth-order valence-corrected chi connectivity index (χ4v) is 4.29. The zero-order valence-electron chi connectivity index (χ0n) is 19.8. The average molecular weight is 466 g/mol. The fourth-order valence-electron chi connectivity index (χ4n) is 4.17. The number of pyridine rings is 2. The molecule has 0 unspecified atom stereocenters. The van der Waals surface area contributed by atoms with E-state index in [1.54, 1.807) is 0 Å². The van der Waals surface area contributed by atoms with Crippen LogP contribution >= 0.6 is 11.6 Å². The Bertz CT molecular complexity index is 1380. The van der Waals surface area contributed by atoms with Gasteiger partial charge in [-0.2, -0.15) is 0 Å². The summed E-state index contributed by atoms with van der Waals surface area (Å²) in [6, 6.07) is 20.7. The van der Waals surface area contributed by atoms with Crippen molar-refractivity contribution in [2.45, 2.75) is 39.7 Å². The van der Waals surface area contributed by atoms with Crippen LogP contribution in [-0.2, 0) is 0 Å². The van der Waals surface area contributed by atoms with E-state index in [9.17, 15) is 0 Å². The van der Waals surface area contributed by atoms with E-state index >= 15 is 0 Å². The van der Waals surface area contributed by atoms with Crippen molar-refractivity contribution < 1.29 is 0 Å². The van der Waals surface area contributed by atoms with Crippen LogP contribution in [0.5, 0.6) is 0 Å². The van der Waals surface area contributed by atoms with Crippen LogP contribution in [0.2, 0.25) is 5.02 Å². The van der Waals surface area contributed by atoms with Gasteiger partial charge >= 0.3 is 0 Å². The number of nitrogens with zero attached hydrogens (tertiary/aromatic N) is 3. The van der Waals surface area contributed by atoms with Crippen molar-refractivity contribution in [2.75, 3.05) is 11.4 Å². The highest BCUT2D eigenvalue weighted by Gasteiger charge is 2.26. The van der Waals surface area contributed by atoms with Crippen molar-refractivity contribution in [1.29, 1.82) is 0 Å². The number of hydrogen-bond acceptors (Lipinski definition) is 3. The number of hydrogen-bond donors (Lipinski definition) is 0. The molecule has 34 heavy (non-hydrogen) atoms. The first-order chi connectivity index (χ1) is 16.5. The molecule has 0 amide bonds. The molecule has 1 aliphatic carbocycles. The van der Waals surface area contributed by atoms with Gasteiger partial charge in [0.05, 0.1) is 5.52 Å². The van der Waals surface area contributed by atoms with Crippen LogP contribution in [0, 0.1) is 24.7 Å². The Morgan fingerprint density at radius 3 is 2.41 bits per heavy atom. The molecule has 0 saturated heterocycles. The predicted molar refractivity (Wildman–Crippen MR) is 142 cm³/mol. The molecule has 4 heteroatoms. The van der Waals surface area contributed by atoms with Crippen molar-refractivity contribution in [1.82, 2.24) is 9.97 Å². The summed E-state index contributed by atoms with van der Waals surface area (Å²) >= 11 is 5.98. The molecule has 0 atom stereocenters. The number of aryl methyl sites for hydroxylation is 1. The summed E-state index contributed by atoms with van der Waals surface area (Å²) in [7, 11) is 0. The number of benzene rings is 2. The molecular formula is C30H28ClN3. The Morgan fingerprint density at radius 2 is 1.74 bits per heavy atom. The number of rotatable bonds is 5. The Balaban J connectivity index is 1.38. The van der Waals surface area contributed by atoms with Gasteiger partial charge in [0.15, 0.2) is 0 Å². The normalized spacial score (nSPS) is 13.1. The van der Waals surface area contributed by atoms with E-state index in [1.165, 1.54) is 18.4 Å². The summed E-state index contributed by atoms with van der Waals surface area (Å²) in [4.78, 5) is 12.0. The molecule has 170 valence electrons. The van der Waals surface area contributed by atoms with Crippen molar-refractivity contribution in [3.8, 4) is 23.0 Å². The molecule has 4 aromatic rings. The van der Waals surface area contributed by atoms with E-state index < -0.39 is 0 Å². The van der Waals surface area contributed by atoms with E-state index in [-0.39, 0.29) is 0 Å². The molecular weight excluding hydrogens is 438 g/mol. The third-order valence-electron chi connectivity index (χ3n) is 6.35. The van der Waals surface area contributed by atoms with Gasteiger partial charge in [-0.15, -0.1) is 0 Å². The van der Waals surface area contributed by atoms with Gasteiger partial charge in [-0.3, -0.25) is 0 Å². The third-order valence-corrected chi connectivity index (χ3v) is 6.60. The van der Waals surface area contributed by atoms with Crippen molar-refractivity contribution in [2.24, 2.45) is 5.92 Å². The maximum absolute atomic E-state index is 5.98. The minimum Gasteiger partial charge on any atom is -0.354 e. The number of halogens is 1. The predicted octanol–water partition coefficient (Wildman–Crippen LogP) is 7.28. The number of anilines is 1. The first kappa shape index (κ1) is 22.4. The molecule has 2 aromatic heterocycles. The molecule has 2 heterocycles. The quantitative estimate of drug-likeness (QED) is 0.290. The molecule has 5 rings (SSSR count). The molecule has 0 N–H and O–H groups in total. The van der Waals surface area contributed by atoms with Gasteiger partial charge in [-0.25, -0.2) is 9.97 Å². The lowest BCUT2D eigenvalue weighted by Gasteiger charge is -2.28. The van der Waals surface area contributed by atoms with E-state index in [0.29, 0.717) is 6.04 Å². The topological polar surface area (TPSA) is 29.0 Å². The summed E-state index contributed by atoms with van der Waals surface area (Å²) in [5, 5.41) is 1.88. The molecule has 1 fully saturated rings. The minimum atomic E-state index is 0.439. The maximum atomic E-state index is 5.98. The highest BCUT2D eigenvalue weighted by Crippen LogP contribution is 2.33. The van der Waals surface area contributed by atoms with Crippen LogP contribution in [0.25, 0.3) is 22.0 Å². The van der Waals surface area contributed by atoms with Crippen LogP contribution < -0.4 is 4.90 Å². The number of fused-ring (bicyclic) bond motifs is 1. The molecule has 0 radical (unpaired) electrons. The molecule has 1 saturated carbocycles. The molecule has 0 aliphatic heterocycles. The van der Waals surface area contributed by atoms with E-state index in [1.807, 2.05) is 48.7 Å². The van der Waals surface area contributed by atoms with Crippen LogP contribution in [0.1, 0.15) is 43.5 Å². The van der Waals surface area contributed by atoms with E-state index in [4.69, 9.17) is 16.6 Å². The lowest BCUT2D eigenvalue weighted by Crippen LogP contribution is -2.33. The number of aromatic nitrogens is 2. The van der Waals surface area contributed by atoms with Gasteiger partial charge in [0.25, 0.3) is 0 Å². The first-order valence-electron chi connectivity index (χ1n) is 11.9. The van der Waals surface area contributed by atoms with Crippen LogP contribution in [-0.4, -0.2) is 22.6 Å². The van der Waals surface area contributed by atoms with Crippen molar-refractivity contribution in [3.05, 3.63) is 88.7 Å². The Morgan fingerprint density at radius 1 is 0.971 bits per heavy atom.